The normalized spacial score (nSPS) is 9.67. The van der Waals surface area contributed by atoms with Crippen molar-refractivity contribution in [3.8, 4) is 0 Å². The van der Waals surface area contributed by atoms with E-state index in [2.05, 4.69) is 28.1 Å². The van der Waals surface area contributed by atoms with E-state index in [0.29, 0.717) is 0 Å². The molecule has 3 nitrogen and oxygen atoms in total. The Labute approximate surface area is 176 Å². The maximum absolute atomic E-state index is 9.78. The van der Waals surface area contributed by atoms with Crippen LogP contribution in [0.1, 0.15) is 48.0 Å². The van der Waals surface area contributed by atoms with Gasteiger partial charge >= 0.3 is 49.6 Å². The van der Waals surface area contributed by atoms with Crippen LogP contribution in [-0.2, 0) is 26.2 Å². The van der Waals surface area contributed by atoms with Crippen molar-refractivity contribution in [1.82, 2.24) is 0 Å². The Morgan fingerprint density at radius 2 is 1.08 bits per heavy atom. The van der Waals surface area contributed by atoms with Crippen LogP contribution in [0.15, 0.2) is 18.2 Å². The molecule has 0 heterocycles. The van der Waals surface area contributed by atoms with Crippen molar-refractivity contribution in [2.24, 2.45) is 0 Å². The van der Waals surface area contributed by atoms with E-state index < -0.39 is 16.4 Å². The number of hydrogen-bond acceptors (Lipinski definition) is 0. The van der Waals surface area contributed by atoms with Crippen LogP contribution in [0.2, 0.25) is 0 Å². The van der Waals surface area contributed by atoms with Crippen molar-refractivity contribution in [2.75, 3.05) is 39.3 Å². The summed E-state index contributed by atoms with van der Waals surface area (Å²) in [7, 11) is 0. The second-order valence-electron chi connectivity index (χ2n) is 3.65. The van der Waals surface area contributed by atoms with Crippen LogP contribution in [0.25, 0.3) is 16.0 Å². The summed E-state index contributed by atoms with van der Waals surface area (Å²) in [5.74, 6) is 0. The molecule has 7 heteroatoms. The van der Waals surface area contributed by atoms with Crippen molar-refractivity contribution in [3.63, 3.8) is 0 Å². The van der Waals surface area contributed by atoms with Gasteiger partial charge in [-0.1, -0.05) is 41.5 Å². The molecule has 0 aliphatic heterocycles. The predicted octanol–water partition coefficient (Wildman–Crippen LogP) is 5.69. The molecule has 0 aromatic carbocycles. The Morgan fingerprint density at radius 1 is 0.792 bits per heavy atom. The molecule has 1 radical (unpaired) electrons. The molecule has 0 aromatic heterocycles. The fourth-order valence-corrected chi connectivity index (χ4v) is 1.01. The molecule has 0 saturated heterocycles. The third kappa shape index (κ3) is 78.2. The van der Waals surface area contributed by atoms with E-state index in [-0.39, 0.29) is 26.2 Å². The molecule has 141 valence electrons. The van der Waals surface area contributed by atoms with Gasteiger partial charge in [0.2, 0.25) is 0 Å². The van der Waals surface area contributed by atoms with Crippen molar-refractivity contribution in [1.29, 1.82) is 0 Å². The van der Waals surface area contributed by atoms with Crippen LogP contribution < -0.4 is 0 Å². The number of allylic oxidation sites excluding steroid dienone is 4. The molecule has 1 aliphatic carbocycles. The van der Waals surface area contributed by atoms with E-state index in [1.54, 1.807) is 0 Å². The average Bonchev–Trinajstić information content (AvgIpc) is 3.11. The molecule has 0 amide bonds. The minimum Gasteiger partial charge on any atom is 4.00 e. The standard InChI is InChI=1S/C5H5.3C4H10N.F2GeH.Zr/c1-2-4-5-3-1;3*1-3-5-4-2;1-3-2;/h1-3H,4H2;3*3-4H2,1-2H3;3H;/q4*-1;;+4. The zero-order valence-corrected chi connectivity index (χ0v) is 21.2. The van der Waals surface area contributed by atoms with Gasteiger partial charge in [-0.05, 0) is 0 Å². The number of hydrogen-bond donors (Lipinski definition) is 0. The molecule has 0 atom stereocenters. The summed E-state index contributed by atoms with van der Waals surface area (Å²) in [6.07, 6.45) is 10.0. The smallest absolute Gasteiger partial charge is 4.00 e. The molecular weight excluding hydrogens is 448 g/mol. The molecule has 24 heavy (non-hydrogen) atoms. The molecule has 0 fully saturated rings. The van der Waals surface area contributed by atoms with Crippen molar-refractivity contribution in [3.05, 3.63) is 40.3 Å². The average molecular weight is 484 g/mol. The molecule has 0 bridgehead atoms. The van der Waals surface area contributed by atoms with E-state index in [0.717, 1.165) is 45.7 Å². The van der Waals surface area contributed by atoms with Gasteiger partial charge in [0, 0.05) is 0 Å². The van der Waals surface area contributed by atoms with Crippen LogP contribution in [-0.4, -0.2) is 55.6 Å². The van der Waals surface area contributed by atoms with E-state index in [4.69, 9.17) is 0 Å². The Hall–Kier alpha value is 0.646. The van der Waals surface area contributed by atoms with Crippen molar-refractivity contribution >= 4 is 16.4 Å². The summed E-state index contributed by atoms with van der Waals surface area (Å²) in [5, 5.41) is 11.9. The maximum Gasteiger partial charge on any atom is 4.00 e. The first-order valence-electron chi connectivity index (χ1n) is 8.29. The van der Waals surface area contributed by atoms with E-state index in [9.17, 15) is 7.00 Å². The Balaban J connectivity index is -0.0000000627. The van der Waals surface area contributed by atoms with Crippen LogP contribution in [0, 0.1) is 6.08 Å². The summed E-state index contributed by atoms with van der Waals surface area (Å²) >= 11 is -2.69. The quantitative estimate of drug-likeness (QED) is 0.343. The molecule has 1 aliphatic rings. The summed E-state index contributed by atoms with van der Waals surface area (Å²) in [4.78, 5) is 0. The first-order valence-corrected chi connectivity index (χ1v) is 10.1. The third-order valence-electron chi connectivity index (χ3n) is 1.93. The van der Waals surface area contributed by atoms with Gasteiger partial charge in [0.25, 0.3) is 0 Å². The zero-order chi connectivity index (χ0) is 18.6. The minimum atomic E-state index is -2.69. The third-order valence-corrected chi connectivity index (χ3v) is 1.93. The summed E-state index contributed by atoms with van der Waals surface area (Å²) in [6, 6.07) is 0. The van der Waals surface area contributed by atoms with Gasteiger partial charge in [0.15, 0.2) is 0 Å². The van der Waals surface area contributed by atoms with Crippen LogP contribution in [0.4, 0.5) is 7.00 Å². The Bertz CT molecular complexity index is 180. The van der Waals surface area contributed by atoms with Gasteiger partial charge in [0.05, 0.1) is 0 Å². The summed E-state index contributed by atoms with van der Waals surface area (Å²) in [6.45, 7) is 18.1. The van der Waals surface area contributed by atoms with Gasteiger partial charge < -0.3 is 16.0 Å². The van der Waals surface area contributed by atoms with Gasteiger partial charge in [0.1, 0.15) is 0 Å². The fourth-order valence-electron chi connectivity index (χ4n) is 1.01. The minimum absolute atomic E-state index is 0. The second kappa shape index (κ2) is 49.5. The molecule has 0 aromatic rings. The number of halogens is 2. The second-order valence-corrected chi connectivity index (χ2v) is 4.00. The molecule has 0 N–H and O–H groups in total. The number of rotatable bonds is 6. The van der Waals surface area contributed by atoms with Gasteiger partial charge in [-0.2, -0.15) is 45.3 Å². The van der Waals surface area contributed by atoms with Gasteiger partial charge in [-0.3, -0.25) is 6.08 Å². The van der Waals surface area contributed by atoms with E-state index in [1.807, 2.05) is 53.7 Å². The van der Waals surface area contributed by atoms with Crippen LogP contribution in [0.3, 0.4) is 0 Å². The SMILES string of the molecule is CC[N-]CC.CC[N-]CC.CC[N-]CC.[C-]1=CC=CC1.[F][GeH][F].[Zr+4]. The molecule has 1 rings (SSSR count). The Kier molecular flexibility index (Phi) is 73.7. The van der Waals surface area contributed by atoms with Crippen molar-refractivity contribution < 1.29 is 33.2 Å². The Morgan fingerprint density at radius 3 is 1.12 bits per heavy atom. The summed E-state index contributed by atoms with van der Waals surface area (Å²) in [5.41, 5.74) is 0. The monoisotopic (exact) mass is 484 g/mol. The van der Waals surface area contributed by atoms with Crippen LogP contribution in [0.5, 0.6) is 0 Å². The largest absolute Gasteiger partial charge is 4.00 e. The summed E-state index contributed by atoms with van der Waals surface area (Å²) < 4.78 is 19.6. The predicted molar refractivity (Wildman–Crippen MR) is 104 cm³/mol. The maximum atomic E-state index is 9.78. The fraction of sp³-hybridized carbons (Fsp3) is 0.765. The van der Waals surface area contributed by atoms with Crippen molar-refractivity contribution in [2.45, 2.75) is 48.0 Å². The van der Waals surface area contributed by atoms with E-state index >= 15 is 0 Å². The molecule has 0 unspecified atom stereocenters. The molecular formula is C17H36F2GeN3Zr. The van der Waals surface area contributed by atoms with Gasteiger partial charge in [-0.25, -0.2) is 12.2 Å². The molecule has 0 spiro atoms. The number of nitrogens with zero attached hydrogens (tertiary/aromatic N) is 3. The van der Waals surface area contributed by atoms with E-state index in [1.165, 1.54) is 0 Å². The first-order chi connectivity index (χ1) is 11.2. The van der Waals surface area contributed by atoms with Gasteiger partial charge in [-0.15, -0.1) is 6.42 Å². The topological polar surface area (TPSA) is 42.3 Å². The molecule has 0 saturated carbocycles. The van der Waals surface area contributed by atoms with Crippen LogP contribution >= 0.6 is 0 Å². The first kappa shape index (κ1) is 35.7. The zero-order valence-electron chi connectivity index (χ0n) is 16.4.